The fraction of sp³-hybridized carbons (Fsp3) is 0.0714. The van der Waals surface area contributed by atoms with E-state index in [1.54, 1.807) is 18.2 Å². The zero-order chi connectivity index (χ0) is 16.3. The average Bonchev–Trinajstić information content (AvgIpc) is 2.36. The van der Waals surface area contributed by atoms with Crippen LogP contribution >= 0.6 is 23.2 Å². The van der Waals surface area contributed by atoms with Gasteiger partial charge >= 0.3 is 0 Å². The fourth-order valence-electron chi connectivity index (χ4n) is 1.73. The van der Waals surface area contributed by atoms with Crippen LogP contribution in [0, 0.1) is 0 Å². The molecule has 2 rings (SSSR count). The standard InChI is InChI=1S/C14H12Cl2N2O3S/c1-22(20,21)18-12-4-2-9(3-5-12)14(19)17-13-7-10(15)6-11(16)8-13/h2-8,18H,1H3,(H,17,19). The van der Waals surface area contributed by atoms with Gasteiger partial charge in [0.25, 0.3) is 5.91 Å². The first-order valence-electron chi connectivity index (χ1n) is 6.08. The summed E-state index contributed by atoms with van der Waals surface area (Å²) in [5.41, 5.74) is 1.22. The van der Waals surface area contributed by atoms with Gasteiger partial charge in [-0.3, -0.25) is 9.52 Å². The van der Waals surface area contributed by atoms with E-state index < -0.39 is 10.0 Å². The molecule has 22 heavy (non-hydrogen) atoms. The molecule has 0 fully saturated rings. The van der Waals surface area contributed by atoms with E-state index in [0.29, 0.717) is 27.0 Å². The number of sulfonamides is 1. The molecular formula is C14H12Cl2N2O3S. The summed E-state index contributed by atoms with van der Waals surface area (Å²) >= 11 is 11.7. The maximum Gasteiger partial charge on any atom is 0.255 e. The minimum Gasteiger partial charge on any atom is -0.322 e. The van der Waals surface area contributed by atoms with Gasteiger partial charge in [-0.25, -0.2) is 8.42 Å². The molecule has 0 saturated heterocycles. The minimum absolute atomic E-state index is 0.357. The molecular weight excluding hydrogens is 347 g/mol. The molecule has 5 nitrogen and oxygen atoms in total. The number of halogens is 2. The first-order chi connectivity index (χ1) is 10.2. The van der Waals surface area contributed by atoms with E-state index in [9.17, 15) is 13.2 Å². The minimum atomic E-state index is -3.35. The highest BCUT2D eigenvalue weighted by Gasteiger charge is 2.08. The summed E-state index contributed by atoms with van der Waals surface area (Å²) in [7, 11) is -3.35. The molecule has 2 aromatic carbocycles. The van der Waals surface area contributed by atoms with Crippen molar-refractivity contribution in [1.82, 2.24) is 0 Å². The molecule has 0 spiro atoms. The molecule has 0 aliphatic carbocycles. The molecule has 0 aliphatic heterocycles. The second-order valence-corrected chi connectivity index (χ2v) is 7.19. The third-order valence-electron chi connectivity index (χ3n) is 2.57. The summed E-state index contributed by atoms with van der Waals surface area (Å²) in [6, 6.07) is 10.7. The highest BCUT2D eigenvalue weighted by atomic mass is 35.5. The number of carbonyl (C=O) groups is 1. The zero-order valence-electron chi connectivity index (χ0n) is 11.4. The van der Waals surface area contributed by atoms with Crippen LogP contribution < -0.4 is 10.0 Å². The van der Waals surface area contributed by atoms with Gasteiger partial charge in [0.2, 0.25) is 10.0 Å². The van der Waals surface area contributed by atoms with Crippen molar-refractivity contribution in [1.29, 1.82) is 0 Å². The number of anilines is 2. The molecule has 0 saturated carbocycles. The van der Waals surface area contributed by atoms with E-state index in [1.807, 2.05) is 0 Å². The lowest BCUT2D eigenvalue weighted by molar-refractivity contribution is 0.102. The predicted molar refractivity (Wildman–Crippen MR) is 89.3 cm³/mol. The number of nitrogens with one attached hydrogen (secondary N) is 2. The Hall–Kier alpha value is -1.76. The third-order valence-corrected chi connectivity index (χ3v) is 3.61. The van der Waals surface area contributed by atoms with Crippen LogP contribution in [0.25, 0.3) is 0 Å². The van der Waals surface area contributed by atoms with Gasteiger partial charge in [0.1, 0.15) is 0 Å². The van der Waals surface area contributed by atoms with Crippen molar-refractivity contribution in [3.8, 4) is 0 Å². The Balaban J connectivity index is 2.13. The van der Waals surface area contributed by atoms with Crippen molar-refractivity contribution >= 4 is 50.5 Å². The fourth-order valence-corrected chi connectivity index (χ4v) is 2.82. The Morgan fingerprint density at radius 3 is 2.00 bits per heavy atom. The molecule has 0 radical (unpaired) electrons. The average molecular weight is 359 g/mol. The number of benzene rings is 2. The lowest BCUT2D eigenvalue weighted by atomic mass is 10.2. The maximum absolute atomic E-state index is 12.1. The van der Waals surface area contributed by atoms with Crippen LogP contribution in [0.4, 0.5) is 11.4 Å². The van der Waals surface area contributed by atoms with Crippen LogP contribution in [0.5, 0.6) is 0 Å². The Kier molecular flexibility index (Phi) is 4.95. The van der Waals surface area contributed by atoms with Gasteiger partial charge in [0, 0.05) is 27.0 Å². The zero-order valence-corrected chi connectivity index (χ0v) is 13.8. The molecule has 0 aliphatic rings. The summed E-state index contributed by atoms with van der Waals surface area (Å²) in [4.78, 5) is 12.1. The van der Waals surface area contributed by atoms with Crippen molar-refractivity contribution in [3.05, 3.63) is 58.1 Å². The summed E-state index contributed by atoms with van der Waals surface area (Å²) in [6.45, 7) is 0. The summed E-state index contributed by atoms with van der Waals surface area (Å²) < 4.78 is 24.5. The van der Waals surface area contributed by atoms with Crippen molar-refractivity contribution in [2.75, 3.05) is 16.3 Å². The van der Waals surface area contributed by atoms with Gasteiger partial charge in [-0.05, 0) is 42.5 Å². The highest BCUT2D eigenvalue weighted by molar-refractivity contribution is 7.92. The van der Waals surface area contributed by atoms with Gasteiger partial charge in [0.05, 0.1) is 6.26 Å². The number of hydrogen-bond donors (Lipinski definition) is 2. The number of amides is 1. The number of rotatable bonds is 4. The van der Waals surface area contributed by atoms with E-state index >= 15 is 0 Å². The SMILES string of the molecule is CS(=O)(=O)Nc1ccc(C(=O)Nc2cc(Cl)cc(Cl)c2)cc1. The smallest absolute Gasteiger partial charge is 0.255 e. The molecule has 1 amide bonds. The molecule has 116 valence electrons. The van der Waals surface area contributed by atoms with Crippen molar-refractivity contribution < 1.29 is 13.2 Å². The summed E-state index contributed by atoms with van der Waals surface area (Å²) in [6.07, 6.45) is 1.05. The second-order valence-electron chi connectivity index (χ2n) is 4.56. The largest absolute Gasteiger partial charge is 0.322 e. The Morgan fingerprint density at radius 2 is 1.50 bits per heavy atom. The first kappa shape index (κ1) is 16.6. The Bertz CT molecular complexity index is 785. The van der Waals surface area contributed by atoms with Crippen LogP contribution in [0.1, 0.15) is 10.4 Å². The molecule has 0 bridgehead atoms. The van der Waals surface area contributed by atoms with Crippen LogP contribution in [0.3, 0.4) is 0 Å². The van der Waals surface area contributed by atoms with E-state index in [4.69, 9.17) is 23.2 Å². The van der Waals surface area contributed by atoms with E-state index in [1.165, 1.54) is 24.3 Å². The highest BCUT2D eigenvalue weighted by Crippen LogP contribution is 2.23. The number of hydrogen-bond acceptors (Lipinski definition) is 3. The maximum atomic E-state index is 12.1. The molecule has 0 unspecified atom stereocenters. The second kappa shape index (κ2) is 6.56. The van der Waals surface area contributed by atoms with Crippen LogP contribution in [0.2, 0.25) is 10.0 Å². The van der Waals surface area contributed by atoms with Crippen LogP contribution in [0.15, 0.2) is 42.5 Å². The van der Waals surface area contributed by atoms with Crippen molar-refractivity contribution in [2.45, 2.75) is 0 Å². The molecule has 0 aromatic heterocycles. The van der Waals surface area contributed by atoms with E-state index in [-0.39, 0.29) is 5.91 Å². The van der Waals surface area contributed by atoms with E-state index in [2.05, 4.69) is 10.0 Å². The van der Waals surface area contributed by atoms with Gasteiger partial charge in [0.15, 0.2) is 0 Å². The first-order valence-corrected chi connectivity index (χ1v) is 8.73. The molecule has 8 heteroatoms. The topological polar surface area (TPSA) is 75.3 Å². The van der Waals surface area contributed by atoms with Crippen molar-refractivity contribution in [3.63, 3.8) is 0 Å². The third kappa shape index (κ3) is 4.91. The van der Waals surface area contributed by atoms with Crippen LogP contribution in [-0.4, -0.2) is 20.6 Å². The lowest BCUT2D eigenvalue weighted by Crippen LogP contribution is -2.13. The van der Waals surface area contributed by atoms with Gasteiger partial charge < -0.3 is 5.32 Å². The van der Waals surface area contributed by atoms with Crippen molar-refractivity contribution in [2.24, 2.45) is 0 Å². The summed E-state index contributed by atoms with van der Waals surface area (Å²) in [5, 5.41) is 3.49. The summed E-state index contributed by atoms with van der Waals surface area (Å²) in [5.74, 6) is -0.357. The number of carbonyl (C=O) groups excluding carboxylic acids is 1. The molecule has 2 aromatic rings. The Morgan fingerprint density at radius 1 is 0.955 bits per heavy atom. The lowest BCUT2D eigenvalue weighted by Gasteiger charge is -2.08. The quantitative estimate of drug-likeness (QED) is 0.876. The van der Waals surface area contributed by atoms with Gasteiger partial charge in [-0.1, -0.05) is 23.2 Å². The van der Waals surface area contributed by atoms with Crippen LogP contribution in [-0.2, 0) is 10.0 Å². The molecule has 0 heterocycles. The van der Waals surface area contributed by atoms with Gasteiger partial charge in [-0.2, -0.15) is 0 Å². The Labute approximate surface area is 138 Å². The monoisotopic (exact) mass is 358 g/mol. The molecule has 2 N–H and O–H groups in total. The molecule has 0 atom stereocenters. The van der Waals surface area contributed by atoms with E-state index in [0.717, 1.165) is 6.26 Å². The predicted octanol–water partition coefficient (Wildman–Crippen LogP) is 3.62. The van der Waals surface area contributed by atoms with Gasteiger partial charge in [-0.15, -0.1) is 0 Å². The normalized spacial score (nSPS) is 11.0.